The van der Waals surface area contributed by atoms with E-state index in [-0.39, 0.29) is 18.2 Å². The van der Waals surface area contributed by atoms with Crippen LogP contribution >= 0.6 is 0 Å². The van der Waals surface area contributed by atoms with Gasteiger partial charge in [-0.25, -0.2) is 4.79 Å². The first-order valence-electron chi connectivity index (χ1n) is 8.94. The highest BCUT2D eigenvalue weighted by atomic mass is 16.4. The van der Waals surface area contributed by atoms with Crippen LogP contribution in [0.1, 0.15) is 50.5 Å². The van der Waals surface area contributed by atoms with Crippen molar-refractivity contribution in [3.63, 3.8) is 0 Å². The Bertz CT molecular complexity index is 663. The van der Waals surface area contributed by atoms with E-state index in [1.54, 1.807) is 4.90 Å². The molecule has 0 radical (unpaired) electrons. The van der Waals surface area contributed by atoms with Crippen molar-refractivity contribution in [3.05, 3.63) is 29.8 Å². The second-order valence-electron chi connectivity index (χ2n) is 6.99. The van der Waals surface area contributed by atoms with Gasteiger partial charge in [-0.2, -0.15) is 0 Å². The van der Waals surface area contributed by atoms with Crippen molar-refractivity contribution in [3.8, 4) is 0 Å². The fraction of sp³-hybridized carbons (Fsp3) is 0.526. The molecule has 2 aliphatic rings. The molecule has 134 valence electrons. The smallest absolute Gasteiger partial charge is 0.329 e. The normalized spacial score (nSPS) is 19.7. The Morgan fingerprint density at radius 3 is 2.32 bits per heavy atom. The van der Waals surface area contributed by atoms with Crippen LogP contribution in [0, 0.1) is 0 Å². The molecule has 1 aromatic carbocycles. The highest BCUT2D eigenvalue weighted by molar-refractivity contribution is 5.95. The molecule has 1 heterocycles. The Morgan fingerprint density at radius 2 is 1.76 bits per heavy atom. The summed E-state index contributed by atoms with van der Waals surface area (Å²) in [5, 5.41) is 12.3. The minimum absolute atomic E-state index is 0.131. The van der Waals surface area contributed by atoms with Gasteiger partial charge in [0.1, 0.15) is 5.54 Å². The molecular weight excluding hydrogens is 320 g/mol. The molecule has 0 bridgehead atoms. The first-order chi connectivity index (χ1) is 12.0. The van der Waals surface area contributed by atoms with Gasteiger partial charge in [0.15, 0.2) is 0 Å². The molecule has 1 aliphatic heterocycles. The highest BCUT2D eigenvalue weighted by Crippen LogP contribution is 2.28. The maximum absolute atomic E-state index is 12.3. The van der Waals surface area contributed by atoms with Crippen LogP contribution in [0.4, 0.5) is 5.69 Å². The number of aliphatic carboxylic acids is 1. The lowest BCUT2D eigenvalue weighted by molar-refractivity contribution is -0.149. The monoisotopic (exact) mass is 344 g/mol. The Labute approximate surface area is 147 Å². The summed E-state index contributed by atoms with van der Waals surface area (Å²) in [4.78, 5) is 37.5. The van der Waals surface area contributed by atoms with E-state index in [0.717, 1.165) is 43.5 Å². The van der Waals surface area contributed by atoms with E-state index in [2.05, 4.69) is 5.32 Å². The number of benzene rings is 1. The summed E-state index contributed by atoms with van der Waals surface area (Å²) in [6.07, 6.45) is 5.25. The van der Waals surface area contributed by atoms with E-state index in [0.29, 0.717) is 19.3 Å². The second-order valence-corrected chi connectivity index (χ2v) is 6.99. The molecule has 6 heteroatoms. The van der Waals surface area contributed by atoms with E-state index < -0.39 is 11.5 Å². The summed E-state index contributed by atoms with van der Waals surface area (Å²) < 4.78 is 0. The fourth-order valence-corrected chi connectivity index (χ4v) is 3.76. The van der Waals surface area contributed by atoms with Crippen LogP contribution in [0.3, 0.4) is 0 Å². The zero-order valence-electron chi connectivity index (χ0n) is 14.3. The molecule has 1 saturated carbocycles. The molecule has 1 aliphatic carbocycles. The minimum Gasteiger partial charge on any atom is -0.480 e. The minimum atomic E-state index is -1.11. The predicted octanol–water partition coefficient (Wildman–Crippen LogP) is 2.26. The molecule has 6 nitrogen and oxygen atoms in total. The number of carbonyl (C=O) groups is 3. The number of nitrogens with one attached hydrogen (secondary N) is 1. The average Bonchev–Trinajstić information content (AvgIpc) is 3.02. The van der Waals surface area contributed by atoms with Gasteiger partial charge in [-0.3, -0.25) is 9.59 Å². The molecule has 2 fully saturated rings. The third-order valence-corrected chi connectivity index (χ3v) is 5.18. The third-order valence-electron chi connectivity index (χ3n) is 5.18. The number of amides is 2. The number of rotatable bonds is 5. The van der Waals surface area contributed by atoms with Crippen LogP contribution in [-0.4, -0.2) is 35.0 Å². The molecule has 0 atom stereocenters. The first kappa shape index (κ1) is 17.5. The van der Waals surface area contributed by atoms with Crippen molar-refractivity contribution in [1.29, 1.82) is 0 Å². The quantitative estimate of drug-likeness (QED) is 0.858. The number of carbonyl (C=O) groups excluding carboxylic acids is 2. The van der Waals surface area contributed by atoms with Gasteiger partial charge in [0, 0.05) is 18.7 Å². The molecule has 3 rings (SSSR count). The van der Waals surface area contributed by atoms with Gasteiger partial charge in [0.25, 0.3) is 0 Å². The lowest BCUT2D eigenvalue weighted by atomic mass is 9.81. The van der Waals surface area contributed by atoms with Crippen molar-refractivity contribution in [1.82, 2.24) is 5.32 Å². The van der Waals surface area contributed by atoms with Gasteiger partial charge < -0.3 is 15.3 Å². The first-order valence-corrected chi connectivity index (χ1v) is 8.94. The number of nitrogens with zero attached hydrogens (tertiary/aromatic N) is 1. The number of hydrogen-bond acceptors (Lipinski definition) is 3. The van der Waals surface area contributed by atoms with Gasteiger partial charge in [0.2, 0.25) is 11.8 Å². The van der Waals surface area contributed by atoms with Gasteiger partial charge >= 0.3 is 5.97 Å². The van der Waals surface area contributed by atoms with Crippen molar-refractivity contribution in [2.45, 2.75) is 56.9 Å². The third kappa shape index (κ3) is 3.83. The Hall–Kier alpha value is -2.37. The predicted molar refractivity (Wildman–Crippen MR) is 93.3 cm³/mol. The summed E-state index contributed by atoms with van der Waals surface area (Å²) in [6.45, 7) is 0.736. The fourth-order valence-electron chi connectivity index (χ4n) is 3.76. The average molecular weight is 344 g/mol. The van der Waals surface area contributed by atoms with Crippen LogP contribution in [0.25, 0.3) is 0 Å². The van der Waals surface area contributed by atoms with Crippen LogP contribution in [0.5, 0.6) is 0 Å². The lowest BCUT2D eigenvalue weighted by Crippen LogP contribution is -2.55. The van der Waals surface area contributed by atoms with Gasteiger partial charge in [0.05, 0.1) is 6.42 Å². The summed E-state index contributed by atoms with van der Waals surface area (Å²) in [7, 11) is 0. The lowest BCUT2D eigenvalue weighted by Gasteiger charge is -2.34. The van der Waals surface area contributed by atoms with Gasteiger partial charge in [-0.05, 0) is 37.0 Å². The molecule has 2 amide bonds. The van der Waals surface area contributed by atoms with Crippen LogP contribution in [0.15, 0.2) is 24.3 Å². The maximum Gasteiger partial charge on any atom is 0.329 e. The summed E-state index contributed by atoms with van der Waals surface area (Å²) in [6, 6.07) is 7.35. The zero-order chi connectivity index (χ0) is 17.9. The second kappa shape index (κ2) is 7.25. The van der Waals surface area contributed by atoms with E-state index in [9.17, 15) is 19.5 Å². The number of hydrogen-bond donors (Lipinski definition) is 2. The molecule has 0 spiro atoms. The molecule has 1 saturated heterocycles. The van der Waals surface area contributed by atoms with E-state index in [1.165, 1.54) is 0 Å². The Morgan fingerprint density at radius 1 is 1.08 bits per heavy atom. The van der Waals surface area contributed by atoms with Gasteiger partial charge in [-0.15, -0.1) is 0 Å². The summed E-state index contributed by atoms with van der Waals surface area (Å²) in [5.41, 5.74) is 0.544. The van der Waals surface area contributed by atoms with Crippen molar-refractivity contribution < 1.29 is 19.5 Å². The van der Waals surface area contributed by atoms with Crippen molar-refractivity contribution in [2.24, 2.45) is 0 Å². The molecular formula is C19H24N2O4. The van der Waals surface area contributed by atoms with Crippen molar-refractivity contribution in [2.75, 3.05) is 11.4 Å². The zero-order valence-corrected chi connectivity index (χ0v) is 14.3. The van der Waals surface area contributed by atoms with Crippen molar-refractivity contribution >= 4 is 23.5 Å². The molecule has 0 aromatic heterocycles. The van der Waals surface area contributed by atoms with E-state index >= 15 is 0 Å². The maximum atomic E-state index is 12.3. The number of carboxylic acid groups (broad SMARTS) is 1. The summed E-state index contributed by atoms with van der Waals surface area (Å²) >= 11 is 0. The van der Waals surface area contributed by atoms with Crippen LogP contribution in [0.2, 0.25) is 0 Å². The van der Waals surface area contributed by atoms with Crippen LogP contribution < -0.4 is 10.2 Å². The largest absolute Gasteiger partial charge is 0.480 e. The number of carboxylic acids is 1. The van der Waals surface area contributed by atoms with E-state index in [4.69, 9.17) is 0 Å². The topological polar surface area (TPSA) is 86.7 Å². The standard InChI is InChI=1S/C19H24N2O4/c22-16(20-19(18(24)25)10-2-1-3-11-19)13-14-6-8-15(9-7-14)21-12-4-5-17(21)23/h6-9H,1-5,10-13H2,(H,20,22)(H,24,25). The van der Waals surface area contributed by atoms with E-state index in [1.807, 2.05) is 24.3 Å². The highest BCUT2D eigenvalue weighted by Gasteiger charge is 2.40. The SMILES string of the molecule is O=C(Cc1ccc(N2CCCC2=O)cc1)NC1(C(=O)O)CCCCC1. The number of anilines is 1. The summed E-state index contributed by atoms with van der Waals surface area (Å²) in [5.74, 6) is -1.08. The molecule has 2 N–H and O–H groups in total. The molecule has 25 heavy (non-hydrogen) atoms. The Balaban J connectivity index is 1.62. The molecule has 0 unspecified atom stereocenters. The Kier molecular flexibility index (Phi) is 5.06. The van der Waals surface area contributed by atoms with Crippen LogP contribution in [-0.2, 0) is 20.8 Å². The molecule has 1 aromatic rings. The van der Waals surface area contributed by atoms with Gasteiger partial charge in [-0.1, -0.05) is 31.4 Å².